The van der Waals surface area contributed by atoms with E-state index in [4.69, 9.17) is 4.74 Å². The number of aromatic hydroxyl groups is 1. The molecule has 0 saturated carbocycles. The van der Waals surface area contributed by atoms with Gasteiger partial charge < -0.3 is 9.84 Å². The predicted molar refractivity (Wildman–Crippen MR) is 56.6 cm³/mol. The minimum Gasteiger partial charge on any atom is -0.507 e. The quantitative estimate of drug-likeness (QED) is 0.681. The molecular formula is C12H14O2. The van der Waals surface area contributed by atoms with Crippen LogP contribution in [0.5, 0.6) is 11.5 Å². The van der Waals surface area contributed by atoms with Gasteiger partial charge in [0.15, 0.2) is 0 Å². The molecule has 2 heteroatoms. The Labute approximate surface area is 83.8 Å². The first-order valence-corrected chi connectivity index (χ1v) is 4.70. The van der Waals surface area contributed by atoms with E-state index in [9.17, 15) is 5.11 Å². The number of hydrogen-bond donors (Lipinski definition) is 1. The Hall–Kier alpha value is -1.44. The maximum absolute atomic E-state index is 9.68. The molecule has 0 aromatic heterocycles. The van der Waals surface area contributed by atoms with E-state index in [1.807, 2.05) is 39.0 Å². The second-order valence-electron chi connectivity index (χ2n) is 4.23. The highest BCUT2D eigenvalue weighted by Gasteiger charge is 2.23. The lowest BCUT2D eigenvalue weighted by Crippen LogP contribution is -2.27. The summed E-state index contributed by atoms with van der Waals surface area (Å²) in [6.45, 7) is 5.92. The molecule has 2 nitrogen and oxygen atoms in total. The zero-order valence-corrected chi connectivity index (χ0v) is 8.66. The van der Waals surface area contributed by atoms with Gasteiger partial charge in [0.05, 0.1) is 5.56 Å². The van der Waals surface area contributed by atoms with Crippen molar-refractivity contribution in [1.82, 2.24) is 0 Å². The Balaban J connectivity index is 2.56. The van der Waals surface area contributed by atoms with Crippen LogP contribution in [0.25, 0.3) is 6.08 Å². The van der Waals surface area contributed by atoms with Crippen molar-refractivity contribution in [2.75, 3.05) is 0 Å². The van der Waals surface area contributed by atoms with Gasteiger partial charge in [-0.05, 0) is 50.6 Å². The summed E-state index contributed by atoms with van der Waals surface area (Å²) in [6.07, 6.45) is 3.86. The third-order valence-electron chi connectivity index (χ3n) is 2.29. The monoisotopic (exact) mass is 190 g/mol. The molecule has 0 spiro atoms. The van der Waals surface area contributed by atoms with Crippen LogP contribution in [0.4, 0.5) is 0 Å². The van der Waals surface area contributed by atoms with E-state index in [-0.39, 0.29) is 11.4 Å². The fraction of sp³-hybridized carbons (Fsp3) is 0.333. The fourth-order valence-corrected chi connectivity index (χ4v) is 1.60. The largest absolute Gasteiger partial charge is 0.507 e. The van der Waals surface area contributed by atoms with Crippen molar-refractivity contribution in [1.29, 1.82) is 0 Å². The number of ether oxygens (including phenoxy) is 1. The number of hydrogen-bond acceptors (Lipinski definition) is 2. The van der Waals surface area contributed by atoms with Crippen LogP contribution in [0, 0.1) is 6.92 Å². The highest BCUT2D eigenvalue weighted by Crippen LogP contribution is 2.37. The topological polar surface area (TPSA) is 29.5 Å². The molecular weight excluding hydrogens is 176 g/mol. The van der Waals surface area contributed by atoms with Gasteiger partial charge in [0.1, 0.15) is 17.1 Å². The first-order valence-electron chi connectivity index (χ1n) is 4.70. The molecule has 0 radical (unpaired) electrons. The number of phenols is 1. The van der Waals surface area contributed by atoms with Gasteiger partial charge in [-0.1, -0.05) is 0 Å². The Morgan fingerprint density at radius 3 is 2.71 bits per heavy atom. The first kappa shape index (κ1) is 9.13. The molecule has 0 saturated heterocycles. The molecule has 1 N–H and O–H groups in total. The second-order valence-corrected chi connectivity index (χ2v) is 4.23. The molecule has 1 aromatic carbocycles. The van der Waals surface area contributed by atoms with Crippen LogP contribution in [-0.4, -0.2) is 10.7 Å². The van der Waals surface area contributed by atoms with Crippen LogP contribution in [0.15, 0.2) is 18.2 Å². The van der Waals surface area contributed by atoms with Crippen molar-refractivity contribution >= 4 is 6.08 Å². The Morgan fingerprint density at radius 2 is 2.00 bits per heavy atom. The predicted octanol–water partition coefficient (Wildman–Crippen LogP) is 2.88. The van der Waals surface area contributed by atoms with Gasteiger partial charge in [0, 0.05) is 0 Å². The third-order valence-corrected chi connectivity index (χ3v) is 2.29. The standard InChI is InChI=1S/C12H14O2/c1-8-6-10(13)9-4-5-12(2,3)14-11(9)7-8/h4-7,13H,1-3H3. The van der Waals surface area contributed by atoms with E-state index in [1.165, 1.54) is 0 Å². The molecule has 0 unspecified atom stereocenters. The lowest BCUT2D eigenvalue weighted by molar-refractivity contribution is 0.158. The van der Waals surface area contributed by atoms with Crippen molar-refractivity contribution in [2.45, 2.75) is 26.4 Å². The average Bonchev–Trinajstić information content (AvgIpc) is 2.00. The molecule has 1 heterocycles. The van der Waals surface area contributed by atoms with Gasteiger partial charge >= 0.3 is 0 Å². The van der Waals surface area contributed by atoms with Crippen LogP contribution < -0.4 is 4.74 Å². The molecule has 0 fully saturated rings. The summed E-state index contributed by atoms with van der Waals surface area (Å²) in [5.41, 5.74) is 1.50. The van der Waals surface area contributed by atoms with Crippen LogP contribution in [0.2, 0.25) is 0 Å². The number of benzene rings is 1. The fourth-order valence-electron chi connectivity index (χ4n) is 1.60. The van der Waals surface area contributed by atoms with E-state index in [0.29, 0.717) is 0 Å². The summed E-state index contributed by atoms with van der Waals surface area (Å²) in [5, 5.41) is 9.68. The van der Waals surface area contributed by atoms with E-state index < -0.39 is 0 Å². The summed E-state index contributed by atoms with van der Waals surface area (Å²) >= 11 is 0. The second kappa shape index (κ2) is 2.77. The molecule has 1 aliphatic heterocycles. The number of rotatable bonds is 0. The highest BCUT2D eigenvalue weighted by molar-refractivity contribution is 5.67. The SMILES string of the molecule is Cc1cc(O)c2c(c1)OC(C)(C)C=C2. The molecule has 14 heavy (non-hydrogen) atoms. The van der Waals surface area contributed by atoms with Gasteiger partial charge in [0.25, 0.3) is 0 Å². The summed E-state index contributed by atoms with van der Waals surface area (Å²) < 4.78 is 5.73. The number of phenolic OH excluding ortho intramolecular Hbond substituents is 1. The molecule has 0 bridgehead atoms. The smallest absolute Gasteiger partial charge is 0.131 e. The summed E-state index contributed by atoms with van der Waals surface area (Å²) in [4.78, 5) is 0. The van der Waals surface area contributed by atoms with E-state index in [2.05, 4.69) is 0 Å². The minimum atomic E-state index is -0.284. The van der Waals surface area contributed by atoms with Gasteiger partial charge in [-0.3, -0.25) is 0 Å². The highest BCUT2D eigenvalue weighted by atomic mass is 16.5. The van der Waals surface area contributed by atoms with E-state index >= 15 is 0 Å². The summed E-state index contributed by atoms with van der Waals surface area (Å²) in [7, 11) is 0. The van der Waals surface area contributed by atoms with Crippen LogP contribution in [-0.2, 0) is 0 Å². The van der Waals surface area contributed by atoms with Crippen molar-refractivity contribution < 1.29 is 9.84 Å². The summed E-state index contributed by atoms with van der Waals surface area (Å²) in [6, 6.07) is 3.69. The summed E-state index contributed by atoms with van der Waals surface area (Å²) in [5.74, 6) is 1.04. The van der Waals surface area contributed by atoms with Gasteiger partial charge in [-0.2, -0.15) is 0 Å². The van der Waals surface area contributed by atoms with Crippen LogP contribution in [0.3, 0.4) is 0 Å². The Kier molecular flexibility index (Phi) is 1.81. The third kappa shape index (κ3) is 1.48. The van der Waals surface area contributed by atoms with Crippen LogP contribution >= 0.6 is 0 Å². The minimum absolute atomic E-state index is 0.284. The maximum atomic E-state index is 9.68. The van der Waals surface area contributed by atoms with Crippen molar-refractivity contribution in [2.24, 2.45) is 0 Å². The normalized spacial score (nSPS) is 17.4. The molecule has 0 aliphatic carbocycles. The lowest BCUT2D eigenvalue weighted by Gasteiger charge is -2.28. The molecule has 1 aliphatic rings. The molecule has 0 amide bonds. The maximum Gasteiger partial charge on any atom is 0.131 e. The van der Waals surface area contributed by atoms with Crippen molar-refractivity contribution in [3.63, 3.8) is 0 Å². The lowest BCUT2D eigenvalue weighted by atomic mass is 10.0. The van der Waals surface area contributed by atoms with E-state index in [0.717, 1.165) is 16.9 Å². The average molecular weight is 190 g/mol. The van der Waals surface area contributed by atoms with Gasteiger partial charge in [0.2, 0.25) is 0 Å². The zero-order chi connectivity index (χ0) is 10.3. The first-order chi connectivity index (χ1) is 6.48. The Bertz CT molecular complexity index is 403. The molecule has 1 aromatic rings. The van der Waals surface area contributed by atoms with Gasteiger partial charge in [-0.25, -0.2) is 0 Å². The van der Waals surface area contributed by atoms with Crippen molar-refractivity contribution in [3.05, 3.63) is 29.3 Å². The number of fused-ring (bicyclic) bond motifs is 1. The van der Waals surface area contributed by atoms with E-state index in [1.54, 1.807) is 6.07 Å². The molecule has 74 valence electrons. The van der Waals surface area contributed by atoms with Crippen LogP contribution in [0.1, 0.15) is 25.0 Å². The molecule has 0 atom stereocenters. The number of aryl methyl sites for hydroxylation is 1. The Morgan fingerprint density at radius 1 is 1.29 bits per heavy atom. The van der Waals surface area contributed by atoms with Crippen molar-refractivity contribution in [3.8, 4) is 11.5 Å². The zero-order valence-electron chi connectivity index (χ0n) is 8.66. The van der Waals surface area contributed by atoms with Gasteiger partial charge in [-0.15, -0.1) is 0 Å². The molecule has 2 rings (SSSR count).